The van der Waals surface area contributed by atoms with Crippen molar-refractivity contribution in [3.05, 3.63) is 71.3 Å². The summed E-state index contributed by atoms with van der Waals surface area (Å²) in [6, 6.07) is 16.8. The lowest BCUT2D eigenvalue weighted by molar-refractivity contribution is -0.143. The van der Waals surface area contributed by atoms with Gasteiger partial charge in [0, 0.05) is 6.54 Å². The summed E-state index contributed by atoms with van der Waals surface area (Å²) < 4.78 is 10.6. The number of hydrogen-bond acceptors (Lipinski definition) is 5. The molecule has 2 aromatic carbocycles. The van der Waals surface area contributed by atoms with Gasteiger partial charge in [-0.15, -0.1) is 0 Å². The number of methoxy groups -OCH3 is 1. The smallest absolute Gasteiger partial charge is 0.338 e. The molecule has 0 radical (unpaired) electrons. The predicted octanol–water partition coefficient (Wildman–Crippen LogP) is 4.44. The van der Waals surface area contributed by atoms with Gasteiger partial charge in [0.1, 0.15) is 12.1 Å². The quantitative estimate of drug-likeness (QED) is 0.516. The number of esters is 2. The van der Waals surface area contributed by atoms with Crippen LogP contribution in [0, 0.1) is 0 Å². The third-order valence-corrected chi connectivity index (χ3v) is 5.59. The fraction of sp³-hybridized carbons (Fsp3) is 0.440. The summed E-state index contributed by atoms with van der Waals surface area (Å²) in [7, 11) is 1.40. The number of rotatable bonds is 8. The lowest BCUT2D eigenvalue weighted by atomic mass is 10.1. The Bertz CT molecular complexity index is 796. The van der Waals surface area contributed by atoms with Crippen LogP contribution in [0.3, 0.4) is 0 Å². The van der Waals surface area contributed by atoms with E-state index >= 15 is 0 Å². The van der Waals surface area contributed by atoms with E-state index in [4.69, 9.17) is 9.47 Å². The summed E-state index contributed by atoms with van der Waals surface area (Å²) in [5.41, 5.74) is 2.62. The summed E-state index contributed by atoms with van der Waals surface area (Å²) in [4.78, 5) is 24.6. The molecule has 30 heavy (non-hydrogen) atoms. The Morgan fingerprint density at radius 1 is 0.933 bits per heavy atom. The van der Waals surface area contributed by atoms with Crippen LogP contribution in [0.5, 0.6) is 0 Å². The summed E-state index contributed by atoms with van der Waals surface area (Å²) in [5, 5.41) is 3.27. The molecule has 1 saturated carbocycles. The van der Waals surface area contributed by atoms with Crippen LogP contribution in [-0.4, -0.2) is 31.2 Å². The third-order valence-electron chi connectivity index (χ3n) is 5.59. The molecule has 1 aliphatic carbocycles. The SMILES string of the molecule is COC(=O)[C@@H](Cc1ccccc1)NCc1ccc(C(=O)OC2CCCCCC2)cc1. The van der Waals surface area contributed by atoms with Gasteiger partial charge in [0.25, 0.3) is 0 Å². The van der Waals surface area contributed by atoms with Crippen LogP contribution in [0.25, 0.3) is 0 Å². The first-order valence-corrected chi connectivity index (χ1v) is 10.8. The number of benzene rings is 2. The zero-order valence-electron chi connectivity index (χ0n) is 17.6. The van der Waals surface area contributed by atoms with E-state index < -0.39 is 6.04 Å². The van der Waals surface area contributed by atoms with Crippen molar-refractivity contribution in [2.24, 2.45) is 0 Å². The molecular weight excluding hydrogens is 378 g/mol. The maximum atomic E-state index is 12.4. The minimum Gasteiger partial charge on any atom is -0.468 e. The normalized spacial score (nSPS) is 15.8. The van der Waals surface area contributed by atoms with E-state index in [0.29, 0.717) is 18.5 Å². The van der Waals surface area contributed by atoms with E-state index in [-0.39, 0.29) is 18.0 Å². The molecule has 0 unspecified atom stereocenters. The first-order valence-electron chi connectivity index (χ1n) is 10.8. The van der Waals surface area contributed by atoms with Crippen LogP contribution in [-0.2, 0) is 27.2 Å². The molecule has 5 heteroatoms. The van der Waals surface area contributed by atoms with Crippen molar-refractivity contribution in [3.8, 4) is 0 Å². The minimum absolute atomic E-state index is 0.0418. The Morgan fingerprint density at radius 2 is 1.60 bits per heavy atom. The largest absolute Gasteiger partial charge is 0.468 e. The summed E-state index contributed by atoms with van der Waals surface area (Å²) in [5.74, 6) is -0.541. The minimum atomic E-state index is -0.433. The molecular formula is C25H31NO4. The van der Waals surface area contributed by atoms with Crippen LogP contribution < -0.4 is 5.32 Å². The summed E-state index contributed by atoms with van der Waals surface area (Å²) >= 11 is 0. The number of carbonyl (C=O) groups excluding carboxylic acids is 2. The van der Waals surface area contributed by atoms with Crippen LogP contribution >= 0.6 is 0 Å². The van der Waals surface area contributed by atoms with Crippen LogP contribution in [0.1, 0.15) is 60.0 Å². The highest BCUT2D eigenvalue weighted by Gasteiger charge is 2.20. The Morgan fingerprint density at radius 3 is 2.23 bits per heavy atom. The molecule has 0 spiro atoms. The van der Waals surface area contributed by atoms with Crippen molar-refractivity contribution in [2.75, 3.05) is 7.11 Å². The maximum Gasteiger partial charge on any atom is 0.338 e. The first kappa shape index (κ1) is 22.0. The van der Waals surface area contributed by atoms with Gasteiger partial charge in [-0.05, 0) is 55.4 Å². The van der Waals surface area contributed by atoms with Gasteiger partial charge in [0.2, 0.25) is 0 Å². The van der Waals surface area contributed by atoms with Crippen LogP contribution in [0.4, 0.5) is 0 Å². The second-order valence-electron chi connectivity index (χ2n) is 7.86. The van der Waals surface area contributed by atoms with Crippen molar-refractivity contribution in [1.29, 1.82) is 0 Å². The molecule has 0 aromatic heterocycles. The van der Waals surface area contributed by atoms with Crippen molar-refractivity contribution >= 4 is 11.9 Å². The Kier molecular flexibility index (Phi) is 8.45. The van der Waals surface area contributed by atoms with E-state index in [1.807, 2.05) is 42.5 Å². The van der Waals surface area contributed by atoms with Crippen molar-refractivity contribution < 1.29 is 19.1 Å². The van der Waals surface area contributed by atoms with Crippen molar-refractivity contribution in [1.82, 2.24) is 5.32 Å². The van der Waals surface area contributed by atoms with Gasteiger partial charge in [0.05, 0.1) is 12.7 Å². The van der Waals surface area contributed by atoms with Gasteiger partial charge in [-0.3, -0.25) is 4.79 Å². The highest BCUT2D eigenvalue weighted by molar-refractivity contribution is 5.89. The van der Waals surface area contributed by atoms with Gasteiger partial charge < -0.3 is 14.8 Å². The molecule has 1 N–H and O–H groups in total. The van der Waals surface area contributed by atoms with Crippen LogP contribution in [0.15, 0.2) is 54.6 Å². The highest BCUT2D eigenvalue weighted by Crippen LogP contribution is 2.21. The van der Waals surface area contributed by atoms with Gasteiger partial charge >= 0.3 is 11.9 Å². The average Bonchev–Trinajstić information content (AvgIpc) is 3.05. The molecule has 1 atom stereocenters. The molecule has 5 nitrogen and oxygen atoms in total. The Labute approximate surface area is 178 Å². The lowest BCUT2D eigenvalue weighted by Gasteiger charge is -2.17. The van der Waals surface area contributed by atoms with E-state index in [1.165, 1.54) is 20.0 Å². The zero-order valence-corrected chi connectivity index (χ0v) is 17.6. The van der Waals surface area contributed by atoms with Gasteiger partial charge in [-0.25, -0.2) is 4.79 Å². The van der Waals surface area contributed by atoms with E-state index in [1.54, 1.807) is 12.1 Å². The van der Waals surface area contributed by atoms with Gasteiger partial charge in [-0.2, -0.15) is 0 Å². The molecule has 160 valence electrons. The third kappa shape index (κ3) is 6.70. The fourth-order valence-electron chi connectivity index (χ4n) is 3.81. The number of carbonyl (C=O) groups is 2. The summed E-state index contributed by atoms with van der Waals surface area (Å²) in [6.07, 6.45) is 7.24. The van der Waals surface area contributed by atoms with E-state index in [9.17, 15) is 9.59 Å². The van der Waals surface area contributed by atoms with Crippen molar-refractivity contribution in [3.63, 3.8) is 0 Å². The molecule has 0 amide bonds. The molecule has 0 aliphatic heterocycles. The Balaban J connectivity index is 1.54. The van der Waals surface area contributed by atoms with E-state index in [0.717, 1.165) is 36.8 Å². The monoisotopic (exact) mass is 409 g/mol. The van der Waals surface area contributed by atoms with E-state index in [2.05, 4.69) is 5.32 Å². The number of hydrogen-bond donors (Lipinski definition) is 1. The molecule has 0 bridgehead atoms. The van der Waals surface area contributed by atoms with Gasteiger partial charge in [-0.1, -0.05) is 55.3 Å². The number of nitrogens with one attached hydrogen (secondary N) is 1. The van der Waals surface area contributed by atoms with Crippen LogP contribution in [0.2, 0.25) is 0 Å². The second kappa shape index (κ2) is 11.5. The Hall–Kier alpha value is -2.66. The molecule has 0 heterocycles. The topological polar surface area (TPSA) is 64.6 Å². The average molecular weight is 410 g/mol. The summed E-state index contributed by atoms with van der Waals surface area (Å²) in [6.45, 7) is 0.505. The fourth-order valence-corrected chi connectivity index (χ4v) is 3.81. The number of ether oxygens (including phenoxy) is 2. The molecule has 0 saturated heterocycles. The molecule has 3 rings (SSSR count). The zero-order chi connectivity index (χ0) is 21.2. The van der Waals surface area contributed by atoms with Gasteiger partial charge in [0.15, 0.2) is 0 Å². The standard InChI is InChI=1S/C25H31NO4/c1-29-25(28)23(17-19-9-5-4-6-10-19)26-18-20-13-15-21(16-14-20)24(27)30-22-11-7-2-3-8-12-22/h4-6,9-10,13-16,22-23,26H,2-3,7-8,11-12,17-18H2,1H3/t23-/m1/s1. The highest BCUT2D eigenvalue weighted by atomic mass is 16.5. The lowest BCUT2D eigenvalue weighted by Crippen LogP contribution is -2.39. The molecule has 2 aromatic rings. The first-order chi connectivity index (χ1) is 14.7. The molecule has 1 fully saturated rings. The van der Waals surface area contributed by atoms with Crippen molar-refractivity contribution in [2.45, 2.75) is 63.6 Å². The second-order valence-corrected chi connectivity index (χ2v) is 7.86. The predicted molar refractivity (Wildman–Crippen MR) is 116 cm³/mol. The maximum absolute atomic E-state index is 12.4. The molecule has 1 aliphatic rings.